The summed E-state index contributed by atoms with van der Waals surface area (Å²) in [5.74, 6) is 0.913. The zero-order valence-electron chi connectivity index (χ0n) is 11.7. The largest absolute Gasteiger partial charge is 0.502 e. The summed E-state index contributed by atoms with van der Waals surface area (Å²) in [6, 6.07) is 4.12. The van der Waals surface area contributed by atoms with Crippen LogP contribution in [0, 0.1) is 0 Å². The third kappa shape index (κ3) is 3.11. The van der Waals surface area contributed by atoms with E-state index in [9.17, 15) is 5.11 Å². The van der Waals surface area contributed by atoms with Gasteiger partial charge in [-0.15, -0.1) is 0 Å². The molecule has 1 atom stereocenters. The molecule has 0 spiro atoms. The van der Waals surface area contributed by atoms with Gasteiger partial charge in [-0.05, 0) is 31.2 Å². The monoisotopic (exact) mass is 267 g/mol. The summed E-state index contributed by atoms with van der Waals surface area (Å²) in [5, 5.41) is 9.88. The molecule has 5 nitrogen and oxygen atoms in total. The van der Waals surface area contributed by atoms with E-state index in [-0.39, 0.29) is 5.75 Å². The molecular weight excluding hydrogens is 246 g/mol. The van der Waals surface area contributed by atoms with Gasteiger partial charge in [0.15, 0.2) is 11.5 Å². The second-order valence-electron chi connectivity index (χ2n) is 4.78. The minimum absolute atomic E-state index is 0.0422. The van der Waals surface area contributed by atoms with Crippen LogP contribution < -0.4 is 9.47 Å². The molecule has 1 saturated heterocycles. The molecule has 0 bridgehead atoms. The molecule has 1 aromatic carbocycles. The van der Waals surface area contributed by atoms with Crippen LogP contribution >= 0.6 is 0 Å². The molecule has 5 heteroatoms. The van der Waals surface area contributed by atoms with Gasteiger partial charge in [-0.1, -0.05) is 0 Å². The SMILES string of the molecule is COc1cc(CN(C)C2CCOC2)cc(OC)c1O. The Morgan fingerprint density at radius 1 is 1.32 bits per heavy atom. The highest BCUT2D eigenvalue weighted by atomic mass is 16.5. The number of benzene rings is 1. The Morgan fingerprint density at radius 2 is 1.95 bits per heavy atom. The van der Waals surface area contributed by atoms with Gasteiger partial charge >= 0.3 is 0 Å². The Balaban J connectivity index is 2.15. The first-order valence-corrected chi connectivity index (χ1v) is 6.37. The number of rotatable bonds is 5. The second-order valence-corrected chi connectivity index (χ2v) is 4.78. The normalized spacial score (nSPS) is 18.8. The predicted molar refractivity (Wildman–Crippen MR) is 71.9 cm³/mol. The molecule has 1 aromatic rings. The van der Waals surface area contributed by atoms with Crippen molar-refractivity contribution in [2.45, 2.75) is 19.0 Å². The van der Waals surface area contributed by atoms with Gasteiger partial charge in [-0.2, -0.15) is 0 Å². The number of phenolic OH excluding ortho intramolecular Hbond substituents is 1. The highest BCUT2D eigenvalue weighted by Gasteiger charge is 2.21. The van der Waals surface area contributed by atoms with Gasteiger partial charge in [0, 0.05) is 19.2 Å². The van der Waals surface area contributed by atoms with Gasteiger partial charge in [0.25, 0.3) is 0 Å². The number of aromatic hydroxyl groups is 1. The van der Waals surface area contributed by atoms with E-state index in [2.05, 4.69) is 11.9 Å². The summed E-state index contributed by atoms with van der Waals surface area (Å²) < 4.78 is 15.7. The van der Waals surface area contributed by atoms with Crippen LogP contribution in [0.25, 0.3) is 0 Å². The number of hydrogen-bond acceptors (Lipinski definition) is 5. The molecule has 1 N–H and O–H groups in total. The average Bonchev–Trinajstić information content (AvgIpc) is 2.94. The number of phenols is 1. The van der Waals surface area contributed by atoms with Crippen molar-refractivity contribution in [2.75, 3.05) is 34.5 Å². The number of methoxy groups -OCH3 is 2. The molecule has 106 valence electrons. The maximum absolute atomic E-state index is 9.88. The van der Waals surface area contributed by atoms with Crippen LogP contribution in [0.3, 0.4) is 0 Å². The van der Waals surface area contributed by atoms with Crippen LogP contribution in [0.1, 0.15) is 12.0 Å². The molecule has 1 heterocycles. The van der Waals surface area contributed by atoms with E-state index in [1.54, 1.807) is 0 Å². The maximum Gasteiger partial charge on any atom is 0.200 e. The molecule has 1 aliphatic rings. The molecule has 2 rings (SSSR count). The molecule has 1 unspecified atom stereocenters. The van der Waals surface area contributed by atoms with Crippen LogP contribution in [-0.4, -0.2) is 50.5 Å². The smallest absolute Gasteiger partial charge is 0.200 e. The zero-order valence-corrected chi connectivity index (χ0v) is 11.7. The quantitative estimate of drug-likeness (QED) is 0.878. The molecule has 0 aromatic heterocycles. The fraction of sp³-hybridized carbons (Fsp3) is 0.571. The Labute approximate surface area is 113 Å². The van der Waals surface area contributed by atoms with Gasteiger partial charge < -0.3 is 19.3 Å². The number of ether oxygens (including phenoxy) is 3. The van der Waals surface area contributed by atoms with Crippen molar-refractivity contribution >= 4 is 0 Å². The van der Waals surface area contributed by atoms with Crippen LogP contribution in [0.4, 0.5) is 0 Å². The van der Waals surface area contributed by atoms with Crippen molar-refractivity contribution in [3.63, 3.8) is 0 Å². The minimum Gasteiger partial charge on any atom is -0.502 e. The minimum atomic E-state index is 0.0422. The number of nitrogens with zero attached hydrogens (tertiary/aromatic N) is 1. The van der Waals surface area contributed by atoms with E-state index in [1.165, 1.54) is 14.2 Å². The second kappa shape index (κ2) is 6.12. The Kier molecular flexibility index (Phi) is 4.50. The highest BCUT2D eigenvalue weighted by Crippen LogP contribution is 2.37. The van der Waals surface area contributed by atoms with E-state index < -0.39 is 0 Å². The fourth-order valence-corrected chi connectivity index (χ4v) is 2.33. The van der Waals surface area contributed by atoms with E-state index >= 15 is 0 Å². The summed E-state index contributed by atoms with van der Waals surface area (Å²) in [4.78, 5) is 2.25. The van der Waals surface area contributed by atoms with Crippen LogP contribution in [-0.2, 0) is 11.3 Å². The third-order valence-electron chi connectivity index (χ3n) is 3.50. The summed E-state index contributed by atoms with van der Waals surface area (Å²) in [5.41, 5.74) is 1.04. The van der Waals surface area contributed by atoms with E-state index in [0.29, 0.717) is 17.5 Å². The summed E-state index contributed by atoms with van der Waals surface area (Å²) >= 11 is 0. The molecular formula is C14H21NO4. The maximum atomic E-state index is 9.88. The molecule has 0 aliphatic carbocycles. The lowest BCUT2D eigenvalue weighted by Gasteiger charge is -2.23. The topological polar surface area (TPSA) is 51.2 Å². The van der Waals surface area contributed by atoms with Gasteiger partial charge in [0.05, 0.1) is 20.8 Å². The molecule has 1 fully saturated rings. The van der Waals surface area contributed by atoms with Crippen molar-refractivity contribution < 1.29 is 19.3 Å². The Bertz CT molecular complexity index is 404. The summed E-state index contributed by atoms with van der Waals surface area (Å²) in [6.45, 7) is 2.38. The van der Waals surface area contributed by atoms with Crippen molar-refractivity contribution in [1.29, 1.82) is 0 Å². The Hall–Kier alpha value is -1.46. The molecule has 0 amide bonds. The first kappa shape index (κ1) is 14.0. The molecule has 0 saturated carbocycles. The molecule has 0 radical (unpaired) electrons. The first-order valence-electron chi connectivity index (χ1n) is 6.37. The molecule has 1 aliphatic heterocycles. The Morgan fingerprint density at radius 3 is 2.42 bits per heavy atom. The van der Waals surface area contributed by atoms with Gasteiger partial charge in [0.1, 0.15) is 0 Å². The fourth-order valence-electron chi connectivity index (χ4n) is 2.33. The van der Waals surface area contributed by atoms with E-state index in [1.807, 2.05) is 12.1 Å². The predicted octanol–water partition coefficient (Wildman–Crippen LogP) is 1.63. The van der Waals surface area contributed by atoms with Gasteiger partial charge in [0.2, 0.25) is 5.75 Å². The van der Waals surface area contributed by atoms with E-state index in [4.69, 9.17) is 14.2 Å². The van der Waals surface area contributed by atoms with Crippen LogP contribution in [0.15, 0.2) is 12.1 Å². The van der Waals surface area contributed by atoms with Crippen molar-refractivity contribution in [2.24, 2.45) is 0 Å². The molecule has 19 heavy (non-hydrogen) atoms. The van der Waals surface area contributed by atoms with Crippen molar-refractivity contribution in [1.82, 2.24) is 4.90 Å². The first-order chi connectivity index (χ1) is 9.15. The summed E-state index contributed by atoms with van der Waals surface area (Å²) in [7, 11) is 5.14. The van der Waals surface area contributed by atoms with Crippen LogP contribution in [0.5, 0.6) is 17.2 Å². The van der Waals surface area contributed by atoms with Crippen molar-refractivity contribution in [3.8, 4) is 17.2 Å². The third-order valence-corrected chi connectivity index (χ3v) is 3.50. The highest BCUT2D eigenvalue weighted by molar-refractivity contribution is 5.52. The standard InChI is InChI=1S/C14H21NO4/c1-15(11-4-5-19-9-11)8-10-6-12(17-2)14(16)13(7-10)18-3/h6-7,11,16H,4-5,8-9H2,1-3H3. The lowest BCUT2D eigenvalue weighted by Crippen LogP contribution is -2.31. The lowest BCUT2D eigenvalue weighted by atomic mass is 10.1. The lowest BCUT2D eigenvalue weighted by molar-refractivity contribution is 0.156. The summed E-state index contributed by atoms with van der Waals surface area (Å²) in [6.07, 6.45) is 1.06. The van der Waals surface area contributed by atoms with E-state index in [0.717, 1.165) is 31.7 Å². The van der Waals surface area contributed by atoms with Crippen LogP contribution in [0.2, 0.25) is 0 Å². The van der Waals surface area contributed by atoms with Gasteiger partial charge in [-0.25, -0.2) is 0 Å². The van der Waals surface area contributed by atoms with Crippen molar-refractivity contribution in [3.05, 3.63) is 17.7 Å². The average molecular weight is 267 g/mol. The number of hydrogen-bond donors (Lipinski definition) is 1. The van der Waals surface area contributed by atoms with Gasteiger partial charge in [-0.3, -0.25) is 4.90 Å². The number of likely N-dealkylation sites (N-methyl/N-ethyl adjacent to an activating group) is 1. The zero-order chi connectivity index (χ0) is 13.8.